The van der Waals surface area contributed by atoms with Gasteiger partial charge in [-0.1, -0.05) is 0 Å². The lowest BCUT2D eigenvalue weighted by Crippen LogP contribution is -2.39. The number of rotatable bonds is 6. The third-order valence-electron chi connectivity index (χ3n) is 5.28. The highest BCUT2D eigenvalue weighted by Gasteiger charge is 2.30. The molecule has 0 saturated heterocycles. The van der Waals surface area contributed by atoms with Gasteiger partial charge in [0.15, 0.2) is 0 Å². The van der Waals surface area contributed by atoms with Crippen LogP contribution < -0.4 is 4.90 Å². The summed E-state index contributed by atoms with van der Waals surface area (Å²) in [5.41, 5.74) is 1.53. The molecule has 7 nitrogen and oxygen atoms in total. The van der Waals surface area contributed by atoms with Crippen LogP contribution in [0.3, 0.4) is 0 Å². The van der Waals surface area contributed by atoms with Gasteiger partial charge in [0.25, 0.3) is 0 Å². The number of aryl methyl sites for hydroxylation is 1. The maximum Gasteiger partial charge on any atom is 0.332 e. The summed E-state index contributed by atoms with van der Waals surface area (Å²) in [6.07, 6.45) is 3.76. The van der Waals surface area contributed by atoms with E-state index in [-0.39, 0.29) is 24.7 Å². The van der Waals surface area contributed by atoms with Gasteiger partial charge in [0.2, 0.25) is 12.3 Å². The zero-order chi connectivity index (χ0) is 21.9. The maximum atomic E-state index is 11.9. The molecule has 0 atom stereocenters. The summed E-state index contributed by atoms with van der Waals surface area (Å²) in [5.74, 6) is 0.155. The highest BCUT2D eigenvalue weighted by Crippen LogP contribution is 2.36. The molecule has 0 unspecified atom stereocenters. The van der Waals surface area contributed by atoms with E-state index in [0.29, 0.717) is 17.0 Å². The van der Waals surface area contributed by atoms with E-state index in [1.807, 2.05) is 27.7 Å². The van der Waals surface area contributed by atoms with Gasteiger partial charge in [-0.25, -0.2) is 4.79 Å². The summed E-state index contributed by atoms with van der Waals surface area (Å²) < 4.78 is 16.9. The van der Waals surface area contributed by atoms with E-state index in [4.69, 9.17) is 19.2 Å². The third kappa shape index (κ3) is 5.00. The van der Waals surface area contributed by atoms with Gasteiger partial charge in [-0.2, -0.15) is 5.26 Å². The molecule has 1 saturated carbocycles. The molecule has 2 aromatic rings. The number of anilines is 1. The van der Waals surface area contributed by atoms with E-state index in [2.05, 4.69) is 6.07 Å². The summed E-state index contributed by atoms with van der Waals surface area (Å²) >= 11 is 0. The Balaban J connectivity index is 1.62. The number of fused-ring (bicyclic) bond motifs is 1. The highest BCUT2D eigenvalue weighted by atomic mass is 16.6. The molecule has 0 aliphatic heterocycles. The van der Waals surface area contributed by atoms with Crippen molar-refractivity contribution in [3.8, 4) is 6.07 Å². The average Bonchev–Trinajstić information content (AvgIpc) is 3.02. The molecule has 160 valence electrons. The number of amides is 1. The average molecular weight is 412 g/mol. The molecular formula is C23H28N2O5. The van der Waals surface area contributed by atoms with Crippen LogP contribution in [0.15, 0.2) is 22.6 Å². The molecule has 7 heteroatoms. The first-order valence-electron chi connectivity index (χ1n) is 10.2. The molecule has 1 amide bonds. The Morgan fingerprint density at radius 1 is 1.30 bits per heavy atom. The van der Waals surface area contributed by atoms with Crippen molar-refractivity contribution in [1.29, 1.82) is 5.26 Å². The van der Waals surface area contributed by atoms with Crippen LogP contribution in [0.25, 0.3) is 11.0 Å². The standard InChI is InChI=1S/C23H28N2O5/c1-15-19-11-16(12-24)5-10-20(19)29-22(15)25(14-26)17-6-8-18(9-7-17)28-13-21(27)30-23(2,3)4/h5,10-11,14,17-18H,6-9,13H2,1-4H3/t17-,18-. The van der Waals surface area contributed by atoms with E-state index in [9.17, 15) is 9.59 Å². The molecule has 0 N–H and O–H groups in total. The van der Waals surface area contributed by atoms with E-state index < -0.39 is 5.60 Å². The molecule has 3 rings (SSSR count). The van der Waals surface area contributed by atoms with Crippen LogP contribution in [0, 0.1) is 18.3 Å². The van der Waals surface area contributed by atoms with Gasteiger partial charge < -0.3 is 13.9 Å². The van der Waals surface area contributed by atoms with Crippen LogP contribution in [-0.4, -0.2) is 36.7 Å². The minimum absolute atomic E-state index is 0.00132. The number of nitrogens with zero attached hydrogens (tertiary/aromatic N) is 2. The Hall–Kier alpha value is -2.85. The summed E-state index contributed by atoms with van der Waals surface area (Å²) in [5, 5.41) is 9.96. The Labute approximate surface area is 176 Å². The summed E-state index contributed by atoms with van der Waals surface area (Å²) in [6, 6.07) is 7.37. The van der Waals surface area contributed by atoms with Gasteiger partial charge in [0, 0.05) is 17.0 Å². The number of furan rings is 1. The Morgan fingerprint density at radius 3 is 2.60 bits per heavy atom. The van der Waals surface area contributed by atoms with Crippen LogP contribution in [0.4, 0.5) is 5.88 Å². The topological polar surface area (TPSA) is 92.8 Å². The van der Waals surface area contributed by atoms with Gasteiger partial charge in [-0.3, -0.25) is 9.69 Å². The molecule has 1 heterocycles. The maximum absolute atomic E-state index is 11.9. The van der Waals surface area contributed by atoms with Crippen LogP contribution in [0.2, 0.25) is 0 Å². The summed E-state index contributed by atoms with van der Waals surface area (Å²) in [6.45, 7) is 7.31. The molecule has 1 aliphatic rings. The first kappa shape index (κ1) is 21.8. The number of carbonyl (C=O) groups excluding carboxylic acids is 2. The van der Waals surface area contributed by atoms with E-state index in [1.165, 1.54) is 0 Å². The molecule has 1 fully saturated rings. The zero-order valence-electron chi connectivity index (χ0n) is 17.9. The fraction of sp³-hybridized carbons (Fsp3) is 0.522. The van der Waals surface area contributed by atoms with E-state index in [1.54, 1.807) is 23.1 Å². The van der Waals surface area contributed by atoms with Gasteiger partial charge in [-0.15, -0.1) is 0 Å². The fourth-order valence-electron chi connectivity index (χ4n) is 3.87. The zero-order valence-corrected chi connectivity index (χ0v) is 17.9. The van der Waals surface area contributed by atoms with Crippen LogP contribution >= 0.6 is 0 Å². The number of ether oxygens (including phenoxy) is 2. The second kappa shape index (κ2) is 8.88. The molecule has 1 aromatic carbocycles. The Morgan fingerprint density at radius 2 is 2.00 bits per heavy atom. The van der Waals surface area contributed by atoms with Gasteiger partial charge in [-0.05, 0) is 71.6 Å². The quantitative estimate of drug-likeness (QED) is 0.520. The van der Waals surface area contributed by atoms with Crippen molar-refractivity contribution in [2.45, 2.75) is 71.1 Å². The molecule has 1 aromatic heterocycles. The van der Waals surface area contributed by atoms with Crippen molar-refractivity contribution < 1.29 is 23.5 Å². The smallest absolute Gasteiger partial charge is 0.332 e. The highest BCUT2D eigenvalue weighted by molar-refractivity contribution is 5.90. The summed E-state index contributed by atoms with van der Waals surface area (Å²) in [7, 11) is 0. The predicted octanol–water partition coefficient (Wildman–Crippen LogP) is 4.25. The molecule has 0 radical (unpaired) electrons. The molecule has 0 spiro atoms. The Kier molecular flexibility index (Phi) is 6.47. The largest absolute Gasteiger partial charge is 0.458 e. The SMILES string of the molecule is Cc1c(N(C=O)[C@H]2CC[C@H](OCC(=O)OC(C)(C)C)CC2)oc2ccc(C#N)cc12. The fourth-order valence-corrected chi connectivity index (χ4v) is 3.87. The monoisotopic (exact) mass is 412 g/mol. The minimum atomic E-state index is -0.527. The van der Waals surface area contributed by atoms with Gasteiger partial charge in [0.1, 0.15) is 17.8 Å². The van der Waals surface area contributed by atoms with Gasteiger partial charge in [0.05, 0.1) is 17.7 Å². The van der Waals surface area contributed by atoms with Gasteiger partial charge >= 0.3 is 5.97 Å². The first-order chi connectivity index (χ1) is 14.2. The van der Waals surface area contributed by atoms with Crippen molar-refractivity contribution >= 4 is 29.2 Å². The number of hydrogen-bond donors (Lipinski definition) is 0. The lowest BCUT2D eigenvalue weighted by molar-refractivity contribution is -0.162. The number of benzene rings is 1. The molecule has 30 heavy (non-hydrogen) atoms. The normalized spacial score (nSPS) is 19.3. The van der Waals surface area contributed by atoms with Crippen molar-refractivity contribution in [2.75, 3.05) is 11.5 Å². The van der Waals surface area contributed by atoms with Crippen molar-refractivity contribution in [1.82, 2.24) is 0 Å². The number of carbonyl (C=O) groups is 2. The summed E-state index contributed by atoms with van der Waals surface area (Å²) in [4.78, 5) is 25.4. The second-order valence-corrected chi connectivity index (χ2v) is 8.70. The molecular weight excluding hydrogens is 384 g/mol. The second-order valence-electron chi connectivity index (χ2n) is 8.70. The Bertz CT molecular complexity index is 958. The molecule has 1 aliphatic carbocycles. The number of nitriles is 1. The van der Waals surface area contributed by atoms with Crippen molar-refractivity contribution in [2.24, 2.45) is 0 Å². The number of esters is 1. The third-order valence-corrected chi connectivity index (χ3v) is 5.28. The first-order valence-corrected chi connectivity index (χ1v) is 10.2. The van der Waals surface area contributed by atoms with Crippen LogP contribution in [0.5, 0.6) is 0 Å². The van der Waals surface area contributed by atoms with Crippen molar-refractivity contribution in [3.63, 3.8) is 0 Å². The van der Waals surface area contributed by atoms with Crippen LogP contribution in [-0.2, 0) is 19.1 Å². The molecule has 0 bridgehead atoms. The van der Waals surface area contributed by atoms with E-state index in [0.717, 1.165) is 43.0 Å². The van der Waals surface area contributed by atoms with E-state index >= 15 is 0 Å². The lowest BCUT2D eigenvalue weighted by Gasteiger charge is -2.33. The predicted molar refractivity (Wildman–Crippen MR) is 112 cm³/mol. The van der Waals surface area contributed by atoms with Crippen LogP contribution in [0.1, 0.15) is 57.6 Å². The van der Waals surface area contributed by atoms with Crippen molar-refractivity contribution in [3.05, 3.63) is 29.3 Å². The minimum Gasteiger partial charge on any atom is -0.458 e. The lowest BCUT2D eigenvalue weighted by atomic mass is 9.92. The number of hydrogen-bond acceptors (Lipinski definition) is 6.